The van der Waals surface area contributed by atoms with Crippen molar-refractivity contribution in [1.82, 2.24) is 9.21 Å². The lowest BCUT2D eigenvalue weighted by molar-refractivity contribution is -0.130. The van der Waals surface area contributed by atoms with Crippen LogP contribution >= 0.6 is 15.9 Å². The summed E-state index contributed by atoms with van der Waals surface area (Å²) in [6, 6.07) is 10.4. The zero-order valence-electron chi connectivity index (χ0n) is 15.6. The van der Waals surface area contributed by atoms with E-state index in [0.29, 0.717) is 56.1 Å². The summed E-state index contributed by atoms with van der Waals surface area (Å²) in [6.45, 7) is 1.99. The highest BCUT2D eigenvalue weighted by Crippen LogP contribution is 2.19. The molecule has 7 nitrogen and oxygen atoms in total. The largest absolute Gasteiger partial charge is 0.452 e. The molecule has 1 aromatic carbocycles. The fraction of sp³-hybridized carbons (Fsp3) is 0.421. The second-order valence-electron chi connectivity index (χ2n) is 6.62. The van der Waals surface area contributed by atoms with E-state index in [0.717, 1.165) is 5.56 Å². The Balaban J connectivity index is 1.54. The number of hydrogen-bond donors (Lipinski definition) is 0. The molecule has 28 heavy (non-hydrogen) atoms. The average Bonchev–Trinajstić information content (AvgIpc) is 3.11. The van der Waals surface area contributed by atoms with Gasteiger partial charge < -0.3 is 14.1 Å². The summed E-state index contributed by atoms with van der Waals surface area (Å²) in [6.07, 6.45) is 0.886. The Kier molecular flexibility index (Phi) is 6.92. The van der Waals surface area contributed by atoms with Crippen LogP contribution in [-0.4, -0.2) is 56.9 Å². The molecule has 0 radical (unpaired) electrons. The molecule has 1 aliphatic heterocycles. The molecule has 0 unspecified atom stereocenters. The van der Waals surface area contributed by atoms with Crippen LogP contribution in [0.4, 0.5) is 0 Å². The van der Waals surface area contributed by atoms with Gasteiger partial charge in [0.1, 0.15) is 5.76 Å². The van der Waals surface area contributed by atoms with Crippen molar-refractivity contribution in [2.75, 3.05) is 33.4 Å². The molecule has 1 amide bonds. The van der Waals surface area contributed by atoms with Crippen LogP contribution in [0.5, 0.6) is 0 Å². The predicted octanol–water partition coefficient (Wildman–Crippen LogP) is 2.65. The van der Waals surface area contributed by atoms with Gasteiger partial charge in [-0.05, 0) is 52.2 Å². The Hall–Kier alpha value is -1.68. The zero-order valence-corrected chi connectivity index (χ0v) is 18.0. The van der Waals surface area contributed by atoms with E-state index in [1.54, 1.807) is 42.3 Å². The summed E-state index contributed by atoms with van der Waals surface area (Å²) in [7, 11) is -1.76. The number of nitrogens with zero attached hydrogens (tertiary/aromatic N) is 2. The molecule has 2 heterocycles. The summed E-state index contributed by atoms with van der Waals surface area (Å²) in [5.41, 5.74) is 0.920. The second kappa shape index (κ2) is 9.21. The molecule has 0 N–H and O–H groups in total. The van der Waals surface area contributed by atoms with Crippen LogP contribution in [0.15, 0.2) is 50.4 Å². The number of rotatable bonds is 7. The molecule has 2 aromatic rings. The number of aryl methyl sites for hydroxylation is 1. The lowest BCUT2D eigenvalue weighted by atomic mass is 10.1. The second-order valence-corrected chi connectivity index (χ2v) is 9.34. The first-order valence-corrected chi connectivity index (χ1v) is 11.2. The smallest absolute Gasteiger partial charge is 0.243 e. The minimum absolute atomic E-state index is 0.00228. The van der Waals surface area contributed by atoms with Gasteiger partial charge in [0.05, 0.1) is 24.7 Å². The topological polar surface area (TPSA) is 80.1 Å². The van der Waals surface area contributed by atoms with Crippen LogP contribution in [-0.2, 0) is 32.5 Å². The third kappa shape index (κ3) is 5.22. The van der Waals surface area contributed by atoms with Gasteiger partial charge in [-0.2, -0.15) is 4.31 Å². The number of morpholine rings is 1. The van der Waals surface area contributed by atoms with E-state index in [-0.39, 0.29) is 10.8 Å². The number of ether oxygens (including phenoxy) is 1. The van der Waals surface area contributed by atoms with Gasteiger partial charge in [0.2, 0.25) is 15.9 Å². The molecule has 0 aliphatic carbocycles. The van der Waals surface area contributed by atoms with Crippen molar-refractivity contribution in [3.05, 3.63) is 52.4 Å². The van der Waals surface area contributed by atoms with Crippen molar-refractivity contribution in [2.45, 2.75) is 24.3 Å². The van der Waals surface area contributed by atoms with E-state index >= 15 is 0 Å². The van der Waals surface area contributed by atoms with Crippen molar-refractivity contribution in [3.63, 3.8) is 0 Å². The van der Waals surface area contributed by atoms with Crippen molar-refractivity contribution in [3.8, 4) is 0 Å². The molecule has 0 spiro atoms. The van der Waals surface area contributed by atoms with Crippen molar-refractivity contribution in [1.29, 1.82) is 0 Å². The maximum atomic E-state index is 12.6. The number of carbonyl (C=O) groups excluding carboxylic acids is 1. The van der Waals surface area contributed by atoms with Gasteiger partial charge in [0.25, 0.3) is 0 Å². The van der Waals surface area contributed by atoms with Gasteiger partial charge in [-0.1, -0.05) is 12.1 Å². The highest BCUT2D eigenvalue weighted by Gasteiger charge is 2.26. The van der Waals surface area contributed by atoms with Crippen LogP contribution in [0.1, 0.15) is 17.7 Å². The van der Waals surface area contributed by atoms with Gasteiger partial charge in [0.15, 0.2) is 4.67 Å². The number of sulfonamides is 1. The van der Waals surface area contributed by atoms with Gasteiger partial charge in [-0.15, -0.1) is 0 Å². The Morgan fingerprint density at radius 2 is 1.82 bits per heavy atom. The van der Waals surface area contributed by atoms with E-state index in [4.69, 9.17) is 9.15 Å². The minimum atomic E-state index is -3.49. The summed E-state index contributed by atoms with van der Waals surface area (Å²) in [4.78, 5) is 14.2. The van der Waals surface area contributed by atoms with E-state index in [9.17, 15) is 13.2 Å². The van der Waals surface area contributed by atoms with Crippen molar-refractivity contribution < 1.29 is 22.4 Å². The zero-order chi connectivity index (χ0) is 20.1. The van der Waals surface area contributed by atoms with Crippen molar-refractivity contribution >= 4 is 31.9 Å². The van der Waals surface area contributed by atoms with Crippen LogP contribution in [0.2, 0.25) is 0 Å². The quantitative estimate of drug-likeness (QED) is 0.621. The van der Waals surface area contributed by atoms with Gasteiger partial charge in [-0.25, -0.2) is 8.42 Å². The summed E-state index contributed by atoms with van der Waals surface area (Å²) < 4.78 is 38.0. The molecule has 0 atom stereocenters. The lowest BCUT2D eigenvalue weighted by Crippen LogP contribution is -2.40. The first-order valence-electron chi connectivity index (χ1n) is 9.01. The van der Waals surface area contributed by atoms with Crippen LogP contribution in [0, 0.1) is 0 Å². The highest BCUT2D eigenvalue weighted by atomic mass is 79.9. The first kappa shape index (κ1) is 21.0. The predicted molar refractivity (Wildman–Crippen MR) is 107 cm³/mol. The van der Waals surface area contributed by atoms with Crippen LogP contribution in [0.25, 0.3) is 0 Å². The molecule has 1 saturated heterocycles. The summed E-state index contributed by atoms with van der Waals surface area (Å²) in [5, 5.41) is 0. The van der Waals surface area contributed by atoms with E-state index < -0.39 is 10.0 Å². The molecule has 1 aromatic heterocycles. The number of hydrogen-bond acceptors (Lipinski definition) is 5. The third-order valence-electron chi connectivity index (χ3n) is 4.61. The number of carbonyl (C=O) groups is 1. The SMILES string of the molecule is CN(Cc1ccc(Br)o1)C(=O)CCc1ccc(S(=O)(=O)N2CCOCC2)cc1. The van der Waals surface area contributed by atoms with Gasteiger partial charge in [0, 0.05) is 26.6 Å². The fourth-order valence-corrected chi connectivity index (χ4v) is 4.71. The molecule has 9 heteroatoms. The monoisotopic (exact) mass is 470 g/mol. The summed E-state index contributed by atoms with van der Waals surface area (Å²) >= 11 is 3.24. The maximum Gasteiger partial charge on any atom is 0.243 e. The lowest BCUT2D eigenvalue weighted by Gasteiger charge is -2.26. The van der Waals surface area contributed by atoms with Gasteiger partial charge >= 0.3 is 0 Å². The van der Waals surface area contributed by atoms with E-state index in [1.165, 1.54) is 4.31 Å². The Morgan fingerprint density at radius 3 is 2.43 bits per heavy atom. The van der Waals surface area contributed by atoms with Crippen LogP contribution < -0.4 is 0 Å². The molecular weight excluding hydrogens is 448 g/mol. The molecule has 1 fully saturated rings. The Labute approximate surface area is 173 Å². The molecule has 0 saturated carbocycles. The average molecular weight is 471 g/mol. The number of benzene rings is 1. The Morgan fingerprint density at radius 1 is 1.14 bits per heavy atom. The van der Waals surface area contributed by atoms with Crippen molar-refractivity contribution in [2.24, 2.45) is 0 Å². The van der Waals surface area contributed by atoms with E-state index in [1.807, 2.05) is 6.07 Å². The first-order chi connectivity index (χ1) is 13.4. The third-order valence-corrected chi connectivity index (χ3v) is 6.95. The number of furan rings is 1. The molecule has 3 rings (SSSR count). The molecular formula is C19H23BrN2O5S. The van der Waals surface area contributed by atoms with Crippen LogP contribution in [0.3, 0.4) is 0 Å². The number of halogens is 1. The summed E-state index contributed by atoms with van der Waals surface area (Å²) in [5.74, 6) is 0.706. The Bertz CT molecular complexity index is 905. The molecule has 0 bridgehead atoms. The van der Waals surface area contributed by atoms with E-state index in [2.05, 4.69) is 15.9 Å². The molecule has 1 aliphatic rings. The minimum Gasteiger partial charge on any atom is -0.452 e. The number of amides is 1. The maximum absolute atomic E-state index is 12.6. The van der Waals surface area contributed by atoms with Gasteiger partial charge in [-0.3, -0.25) is 4.79 Å². The highest BCUT2D eigenvalue weighted by molar-refractivity contribution is 9.10. The fourth-order valence-electron chi connectivity index (χ4n) is 2.96. The normalized spacial score (nSPS) is 15.5. The standard InChI is InChI=1S/C19H23BrN2O5S/c1-21(14-16-5-8-18(20)27-16)19(23)9-4-15-2-6-17(7-3-15)28(24,25)22-10-12-26-13-11-22/h2-3,5-8H,4,9-14H2,1H3. The molecule has 152 valence electrons.